The Morgan fingerprint density at radius 3 is 3.06 bits per heavy atom. The van der Waals surface area contributed by atoms with Crippen LogP contribution in [-0.2, 0) is 4.79 Å². The first-order valence-corrected chi connectivity index (χ1v) is 5.30. The molecule has 1 amide bonds. The zero-order chi connectivity index (χ0) is 11.6. The van der Waals surface area contributed by atoms with Gasteiger partial charge in [-0.05, 0) is 31.6 Å². The molecule has 0 bridgehead atoms. The first-order chi connectivity index (χ1) is 7.57. The Bertz CT molecular complexity index is 392. The van der Waals surface area contributed by atoms with Gasteiger partial charge in [0.2, 0.25) is 5.91 Å². The fourth-order valence-electron chi connectivity index (χ4n) is 1.78. The van der Waals surface area contributed by atoms with Gasteiger partial charge in [-0.15, -0.1) is 0 Å². The van der Waals surface area contributed by atoms with Crippen molar-refractivity contribution in [3.8, 4) is 0 Å². The van der Waals surface area contributed by atoms with Crippen LogP contribution in [0, 0.1) is 0 Å². The van der Waals surface area contributed by atoms with Crippen LogP contribution < -0.4 is 0 Å². The summed E-state index contributed by atoms with van der Waals surface area (Å²) in [5.74, 6) is 0.563. The Hall–Kier alpha value is -1.55. The number of carbonyl (C=O) groups is 1. The molecule has 1 atom stereocenters. The van der Waals surface area contributed by atoms with Gasteiger partial charge in [0.15, 0.2) is 0 Å². The predicted molar refractivity (Wildman–Crippen MR) is 59.6 cm³/mol. The number of amides is 1. The lowest BCUT2D eigenvalue weighted by Crippen LogP contribution is -2.32. The minimum atomic E-state index is -0.742. The van der Waals surface area contributed by atoms with Crippen molar-refractivity contribution in [3.63, 3.8) is 0 Å². The third-order valence-corrected chi connectivity index (χ3v) is 2.70. The quantitative estimate of drug-likeness (QED) is 0.765. The van der Waals surface area contributed by atoms with Crippen LogP contribution in [0.5, 0.6) is 0 Å². The summed E-state index contributed by atoms with van der Waals surface area (Å²) in [4.78, 5) is 13.4. The molecule has 0 aliphatic carbocycles. The maximum absolute atomic E-state index is 11.7. The number of nitrogens with zero attached hydrogens (tertiary/aromatic N) is 1. The molecule has 1 fully saturated rings. The number of hydrogen-bond donors (Lipinski definition) is 1. The topological polar surface area (TPSA) is 53.7 Å². The largest absolute Gasteiger partial charge is 0.465 e. The van der Waals surface area contributed by atoms with Crippen LogP contribution in [0.4, 0.5) is 0 Å². The molecular weight excluding hydrogens is 206 g/mol. The molecular formula is C12H15NO3. The summed E-state index contributed by atoms with van der Waals surface area (Å²) in [7, 11) is 0. The van der Waals surface area contributed by atoms with E-state index in [9.17, 15) is 9.90 Å². The third kappa shape index (κ3) is 2.52. The molecule has 0 radical (unpaired) electrons. The van der Waals surface area contributed by atoms with Gasteiger partial charge in [0.05, 0.1) is 11.9 Å². The van der Waals surface area contributed by atoms with Crippen LogP contribution in [0.3, 0.4) is 0 Å². The number of carbonyl (C=O) groups excluding carboxylic acids is 1. The Kier molecular flexibility index (Phi) is 2.83. The monoisotopic (exact) mass is 221 g/mol. The predicted octanol–water partition coefficient (Wildman–Crippen LogP) is 1.28. The summed E-state index contributed by atoms with van der Waals surface area (Å²) in [5, 5.41) is 9.73. The lowest BCUT2D eigenvalue weighted by molar-refractivity contribution is -0.125. The minimum Gasteiger partial charge on any atom is -0.465 e. The van der Waals surface area contributed by atoms with Gasteiger partial charge < -0.3 is 14.4 Å². The first-order valence-electron chi connectivity index (χ1n) is 5.30. The highest BCUT2D eigenvalue weighted by atomic mass is 16.3. The summed E-state index contributed by atoms with van der Waals surface area (Å²) in [6, 6.07) is 3.55. The Balaban J connectivity index is 1.94. The average Bonchev–Trinajstić information content (AvgIpc) is 2.83. The summed E-state index contributed by atoms with van der Waals surface area (Å²) < 4.78 is 5.08. The summed E-state index contributed by atoms with van der Waals surface area (Å²) in [5.41, 5.74) is -0.742. The first kappa shape index (κ1) is 11.0. The fraction of sp³-hybridized carbons (Fsp3) is 0.417. The van der Waals surface area contributed by atoms with Crippen LogP contribution in [0.1, 0.15) is 19.1 Å². The highest BCUT2D eigenvalue weighted by molar-refractivity contribution is 5.91. The smallest absolute Gasteiger partial charge is 0.246 e. The molecule has 4 heteroatoms. The molecule has 1 N–H and O–H groups in total. The second-order valence-electron chi connectivity index (χ2n) is 4.36. The van der Waals surface area contributed by atoms with Gasteiger partial charge in [-0.3, -0.25) is 4.79 Å². The average molecular weight is 221 g/mol. The molecule has 0 spiro atoms. The summed E-state index contributed by atoms with van der Waals surface area (Å²) >= 11 is 0. The van der Waals surface area contributed by atoms with Crippen molar-refractivity contribution in [1.82, 2.24) is 4.90 Å². The van der Waals surface area contributed by atoms with E-state index in [4.69, 9.17) is 4.42 Å². The van der Waals surface area contributed by atoms with Gasteiger partial charge in [-0.25, -0.2) is 0 Å². The van der Waals surface area contributed by atoms with Crippen LogP contribution in [-0.4, -0.2) is 34.6 Å². The van der Waals surface area contributed by atoms with E-state index in [1.807, 2.05) is 0 Å². The van der Waals surface area contributed by atoms with Crippen molar-refractivity contribution in [2.45, 2.75) is 18.9 Å². The van der Waals surface area contributed by atoms with Crippen LogP contribution in [0.25, 0.3) is 6.08 Å². The number of β-amino-alcohol motifs (C(OH)–C–C–N with tert-alkyl or cyclic N) is 1. The number of aliphatic hydroxyl groups is 1. The molecule has 1 aromatic rings. The molecule has 1 aromatic heterocycles. The molecule has 0 aromatic carbocycles. The van der Waals surface area contributed by atoms with Crippen molar-refractivity contribution in [1.29, 1.82) is 0 Å². The lowest BCUT2D eigenvalue weighted by Gasteiger charge is -2.17. The van der Waals surface area contributed by atoms with Crippen molar-refractivity contribution in [3.05, 3.63) is 30.2 Å². The normalized spacial score (nSPS) is 25.5. The standard InChI is InChI=1S/C12H15NO3/c1-12(15)6-7-13(9-12)11(14)5-4-10-3-2-8-16-10/h2-5,8,15H,6-7,9H2,1H3/b5-4+. The van der Waals surface area contributed by atoms with E-state index in [-0.39, 0.29) is 5.91 Å². The van der Waals surface area contributed by atoms with E-state index in [0.717, 1.165) is 0 Å². The van der Waals surface area contributed by atoms with Crippen LogP contribution in [0.15, 0.2) is 28.9 Å². The molecule has 1 aliphatic heterocycles. The van der Waals surface area contributed by atoms with Crippen LogP contribution in [0.2, 0.25) is 0 Å². The fourth-order valence-corrected chi connectivity index (χ4v) is 1.78. The molecule has 2 rings (SSSR count). The highest BCUT2D eigenvalue weighted by Crippen LogP contribution is 2.20. The van der Waals surface area contributed by atoms with Gasteiger partial charge in [-0.2, -0.15) is 0 Å². The van der Waals surface area contributed by atoms with Crippen molar-refractivity contribution < 1.29 is 14.3 Å². The zero-order valence-electron chi connectivity index (χ0n) is 9.22. The maximum Gasteiger partial charge on any atom is 0.246 e. The van der Waals surface area contributed by atoms with Gasteiger partial charge in [0.25, 0.3) is 0 Å². The number of hydrogen-bond acceptors (Lipinski definition) is 3. The van der Waals surface area contributed by atoms with E-state index in [1.165, 1.54) is 6.08 Å². The molecule has 4 nitrogen and oxygen atoms in total. The summed E-state index contributed by atoms with van der Waals surface area (Å²) in [6.07, 6.45) is 5.30. The maximum atomic E-state index is 11.7. The molecule has 16 heavy (non-hydrogen) atoms. The Morgan fingerprint density at radius 1 is 1.69 bits per heavy atom. The Morgan fingerprint density at radius 2 is 2.50 bits per heavy atom. The van der Waals surface area contributed by atoms with Gasteiger partial charge in [0, 0.05) is 19.2 Å². The summed E-state index contributed by atoms with van der Waals surface area (Å²) in [6.45, 7) is 2.75. The molecule has 1 aliphatic rings. The van der Waals surface area contributed by atoms with Crippen molar-refractivity contribution >= 4 is 12.0 Å². The number of furan rings is 1. The SMILES string of the molecule is CC1(O)CCN(C(=O)/C=C/c2ccco2)C1. The van der Waals surface area contributed by atoms with E-state index in [2.05, 4.69) is 0 Å². The van der Waals surface area contributed by atoms with Gasteiger partial charge in [-0.1, -0.05) is 0 Å². The number of likely N-dealkylation sites (tertiary alicyclic amines) is 1. The number of rotatable bonds is 2. The molecule has 0 saturated carbocycles. The van der Waals surface area contributed by atoms with Crippen molar-refractivity contribution in [2.24, 2.45) is 0 Å². The van der Waals surface area contributed by atoms with Gasteiger partial charge in [0.1, 0.15) is 5.76 Å². The highest BCUT2D eigenvalue weighted by Gasteiger charge is 2.32. The molecule has 1 unspecified atom stereocenters. The molecule has 1 saturated heterocycles. The van der Waals surface area contributed by atoms with E-state index in [0.29, 0.717) is 25.3 Å². The van der Waals surface area contributed by atoms with E-state index in [1.54, 1.807) is 36.3 Å². The molecule has 86 valence electrons. The second-order valence-corrected chi connectivity index (χ2v) is 4.36. The second kappa shape index (κ2) is 4.14. The van der Waals surface area contributed by atoms with Crippen molar-refractivity contribution in [2.75, 3.05) is 13.1 Å². The van der Waals surface area contributed by atoms with Crippen LogP contribution >= 0.6 is 0 Å². The third-order valence-electron chi connectivity index (χ3n) is 2.70. The minimum absolute atomic E-state index is 0.0887. The Labute approximate surface area is 94.2 Å². The zero-order valence-corrected chi connectivity index (χ0v) is 9.22. The van der Waals surface area contributed by atoms with E-state index < -0.39 is 5.60 Å². The van der Waals surface area contributed by atoms with Gasteiger partial charge >= 0.3 is 0 Å². The molecule has 2 heterocycles. The lowest BCUT2D eigenvalue weighted by atomic mass is 10.1. The van der Waals surface area contributed by atoms with E-state index >= 15 is 0 Å².